The molecule has 0 spiro atoms. The minimum Gasteiger partial charge on any atom is -0.495 e. The lowest BCUT2D eigenvalue weighted by molar-refractivity contribution is -0.119. The molecular formula is C15H22N2O3. The van der Waals surface area contributed by atoms with Crippen LogP contribution in [0.3, 0.4) is 0 Å². The molecule has 5 nitrogen and oxygen atoms in total. The first kappa shape index (κ1) is 16.0. The number of hydrogen-bond donors (Lipinski definition) is 2. The van der Waals surface area contributed by atoms with E-state index in [-0.39, 0.29) is 17.7 Å². The van der Waals surface area contributed by atoms with Crippen molar-refractivity contribution in [1.82, 2.24) is 0 Å². The Bertz CT molecular complexity index is 486. The van der Waals surface area contributed by atoms with Gasteiger partial charge in [-0.25, -0.2) is 0 Å². The highest BCUT2D eigenvalue weighted by molar-refractivity contribution is 5.95. The van der Waals surface area contributed by atoms with Gasteiger partial charge in [-0.1, -0.05) is 20.3 Å². The molecule has 0 radical (unpaired) electrons. The van der Waals surface area contributed by atoms with Crippen molar-refractivity contribution in [2.75, 3.05) is 17.7 Å². The van der Waals surface area contributed by atoms with E-state index in [0.717, 1.165) is 12.8 Å². The predicted octanol–water partition coefficient (Wildman–Crippen LogP) is 3.03. The van der Waals surface area contributed by atoms with Gasteiger partial charge in [0, 0.05) is 18.5 Å². The zero-order valence-electron chi connectivity index (χ0n) is 12.4. The highest BCUT2D eigenvalue weighted by Gasteiger charge is 2.14. The lowest BCUT2D eigenvalue weighted by atomic mass is 10.1. The second kappa shape index (κ2) is 7.53. The summed E-state index contributed by atoms with van der Waals surface area (Å²) >= 11 is 0. The minimum absolute atomic E-state index is 0.0508. The van der Waals surface area contributed by atoms with E-state index in [2.05, 4.69) is 10.6 Å². The molecule has 110 valence electrons. The molecule has 1 aromatic carbocycles. The number of ether oxygens (including phenoxy) is 1. The van der Waals surface area contributed by atoms with Crippen LogP contribution in [-0.4, -0.2) is 18.9 Å². The Morgan fingerprint density at radius 2 is 2.00 bits per heavy atom. The van der Waals surface area contributed by atoms with E-state index >= 15 is 0 Å². The predicted molar refractivity (Wildman–Crippen MR) is 80.0 cm³/mol. The molecule has 0 unspecified atom stereocenters. The Morgan fingerprint density at radius 1 is 1.30 bits per heavy atom. The van der Waals surface area contributed by atoms with Crippen LogP contribution in [0.4, 0.5) is 11.4 Å². The van der Waals surface area contributed by atoms with Gasteiger partial charge in [0.05, 0.1) is 12.8 Å². The van der Waals surface area contributed by atoms with Gasteiger partial charge in [0.1, 0.15) is 5.75 Å². The van der Waals surface area contributed by atoms with E-state index in [1.54, 1.807) is 25.3 Å². The molecule has 0 aromatic heterocycles. The van der Waals surface area contributed by atoms with Gasteiger partial charge < -0.3 is 15.4 Å². The number of carbonyl (C=O) groups is 2. The van der Waals surface area contributed by atoms with Crippen molar-refractivity contribution in [3.05, 3.63) is 18.2 Å². The molecule has 1 rings (SSSR count). The maximum atomic E-state index is 12.1. The summed E-state index contributed by atoms with van der Waals surface area (Å²) in [5.41, 5.74) is 1.18. The van der Waals surface area contributed by atoms with Gasteiger partial charge in [0.15, 0.2) is 0 Å². The van der Waals surface area contributed by atoms with E-state index in [1.165, 1.54) is 6.92 Å². The summed E-state index contributed by atoms with van der Waals surface area (Å²) in [5, 5.41) is 5.52. The summed E-state index contributed by atoms with van der Waals surface area (Å²) < 4.78 is 5.22. The van der Waals surface area contributed by atoms with E-state index in [4.69, 9.17) is 4.74 Å². The largest absolute Gasteiger partial charge is 0.495 e. The zero-order chi connectivity index (χ0) is 15.1. The topological polar surface area (TPSA) is 67.4 Å². The van der Waals surface area contributed by atoms with Crippen LogP contribution in [-0.2, 0) is 9.59 Å². The standard InChI is InChI=1S/C15H22N2O3/c1-5-6-10(2)15(19)17-13-9-12(16-11(3)18)7-8-14(13)20-4/h7-10H,5-6H2,1-4H3,(H,16,18)(H,17,19)/t10-/m0/s1. The number of amides is 2. The number of rotatable bonds is 6. The fourth-order valence-corrected chi connectivity index (χ4v) is 1.91. The van der Waals surface area contributed by atoms with Crippen LogP contribution in [0.25, 0.3) is 0 Å². The molecule has 0 saturated heterocycles. The number of methoxy groups -OCH3 is 1. The summed E-state index contributed by atoms with van der Waals surface area (Å²) in [7, 11) is 1.54. The molecule has 0 bridgehead atoms. The number of nitrogens with one attached hydrogen (secondary N) is 2. The first-order chi connectivity index (χ1) is 9.47. The average Bonchev–Trinajstić information content (AvgIpc) is 2.38. The van der Waals surface area contributed by atoms with Crippen molar-refractivity contribution >= 4 is 23.2 Å². The fraction of sp³-hybridized carbons (Fsp3) is 0.467. The van der Waals surface area contributed by atoms with Crippen LogP contribution in [0, 0.1) is 5.92 Å². The smallest absolute Gasteiger partial charge is 0.227 e. The molecule has 0 aliphatic rings. The SMILES string of the molecule is CCC[C@H](C)C(=O)Nc1cc(NC(C)=O)ccc1OC. The van der Waals surface area contributed by atoms with Crippen molar-refractivity contribution < 1.29 is 14.3 Å². The normalized spacial score (nSPS) is 11.6. The van der Waals surface area contributed by atoms with E-state index in [1.807, 2.05) is 13.8 Å². The first-order valence-electron chi connectivity index (χ1n) is 6.74. The van der Waals surface area contributed by atoms with Crippen LogP contribution in [0.1, 0.15) is 33.6 Å². The Morgan fingerprint density at radius 3 is 2.55 bits per heavy atom. The van der Waals surface area contributed by atoms with Gasteiger partial charge in [-0.15, -0.1) is 0 Å². The molecule has 0 fully saturated rings. The maximum Gasteiger partial charge on any atom is 0.227 e. The third kappa shape index (κ3) is 4.57. The molecule has 5 heteroatoms. The lowest BCUT2D eigenvalue weighted by Crippen LogP contribution is -2.20. The second-order valence-electron chi connectivity index (χ2n) is 4.78. The van der Waals surface area contributed by atoms with E-state index in [9.17, 15) is 9.59 Å². The van der Waals surface area contributed by atoms with Crippen LogP contribution in [0.5, 0.6) is 5.75 Å². The summed E-state index contributed by atoms with van der Waals surface area (Å²) in [6.07, 6.45) is 1.79. The highest BCUT2D eigenvalue weighted by atomic mass is 16.5. The van der Waals surface area contributed by atoms with Gasteiger partial charge in [0.25, 0.3) is 0 Å². The molecule has 0 saturated carbocycles. The summed E-state index contributed by atoms with van der Waals surface area (Å²) in [4.78, 5) is 23.1. The number of benzene rings is 1. The van der Waals surface area contributed by atoms with E-state index in [0.29, 0.717) is 17.1 Å². The number of carbonyl (C=O) groups excluding carboxylic acids is 2. The minimum atomic E-state index is -0.160. The third-order valence-electron chi connectivity index (χ3n) is 2.95. The van der Waals surface area contributed by atoms with Crippen molar-refractivity contribution in [2.45, 2.75) is 33.6 Å². The Hall–Kier alpha value is -2.04. The van der Waals surface area contributed by atoms with Gasteiger partial charge in [0.2, 0.25) is 11.8 Å². The molecule has 0 aliphatic heterocycles. The van der Waals surface area contributed by atoms with Crippen LogP contribution >= 0.6 is 0 Å². The average molecular weight is 278 g/mol. The molecule has 2 N–H and O–H groups in total. The molecule has 20 heavy (non-hydrogen) atoms. The Balaban J connectivity index is 2.90. The van der Waals surface area contributed by atoms with Crippen LogP contribution in [0.2, 0.25) is 0 Å². The zero-order valence-corrected chi connectivity index (χ0v) is 12.4. The number of hydrogen-bond acceptors (Lipinski definition) is 3. The van der Waals surface area contributed by atoms with E-state index < -0.39 is 0 Å². The van der Waals surface area contributed by atoms with Gasteiger partial charge >= 0.3 is 0 Å². The second-order valence-corrected chi connectivity index (χ2v) is 4.78. The fourth-order valence-electron chi connectivity index (χ4n) is 1.91. The summed E-state index contributed by atoms with van der Waals surface area (Å²) in [6.45, 7) is 5.37. The van der Waals surface area contributed by atoms with Gasteiger partial charge in [-0.3, -0.25) is 9.59 Å². The molecule has 1 aromatic rings. The lowest BCUT2D eigenvalue weighted by Gasteiger charge is -2.15. The highest BCUT2D eigenvalue weighted by Crippen LogP contribution is 2.28. The first-order valence-corrected chi connectivity index (χ1v) is 6.74. The van der Waals surface area contributed by atoms with Gasteiger partial charge in [-0.05, 0) is 24.6 Å². The Kier molecular flexibility index (Phi) is 6.03. The summed E-state index contributed by atoms with van der Waals surface area (Å²) in [6, 6.07) is 5.13. The third-order valence-corrected chi connectivity index (χ3v) is 2.95. The van der Waals surface area contributed by atoms with Crippen molar-refractivity contribution in [3.8, 4) is 5.75 Å². The molecular weight excluding hydrogens is 256 g/mol. The Labute approximate surface area is 119 Å². The number of anilines is 2. The monoisotopic (exact) mass is 278 g/mol. The summed E-state index contributed by atoms with van der Waals surface area (Å²) in [5.74, 6) is 0.294. The molecule has 0 aliphatic carbocycles. The van der Waals surface area contributed by atoms with Crippen molar-refractivity contribution in [2.24, 2.45) is 5.92 Å². The van der Waals surface area contributed by atoms with Crippen LogP contribution < -0.4 is 15.4 Å². The molecule has 1 atom stereocenters. The quantitative estimate of drug-likeness (QED) is 0.840. The van der Waals surface area contributed by atoms with Crippen molar-refractivity contribution in [1.29, 1.82) is 0 Å². The van der Waals surface area contributed by atoms with Gasteiger partial charge in [-0.2, -0.15) is 0 Å². The molecule has 2 amide bonds. The van der Waals surface area contributed by atoms with Crippen LogP contribution in [0.15, 0.2) is 18.2 Å². The molecule has 0 heterocycles. The maximum absolute atomic E-state index is 12.1. The van der Waals surface area contributed by atoms with Crippen molar-refractivity contribution in [3.63, 3.8) is 0 Å².